The summed E-state index contributed by atoms with van der Waals surface area (Å²) in [6, 6.07) is 7.00. The minimum Gasteiger partial charge on any atom is -0.365 e. The molecule has 112 valence electrons. The third-order valence-corrected chi connectivity index (χ3v) is 4.84. The Kier molecular flexibility index (Phi) is 4.52. The number of benzene rings is 1. The lowest BCUT2D eigenvalue weighted by atomic mass is 9.96. The summed E-state index contributed by atoms with van der Waals surface area (Å²) in [5.41, 5.74) is 0.875. The van der Waals surface area contributed by atoms with Gasteiger partial charge in [0.25, 0.3) is 0 Å². The monoisotopic (exact) mass is 297 g/mol. The zero-order chi connectivity index (χ0) is 14.8. The SMILES string of the molecule is CCCC1(C)CNCC(c2ccc(S(C)(=O)=O)cc2)O1. The summed E-state index contributed by atoms with van der Waals surface area (Å²) in [4.78, 5) is 0.348. The Bertz CT molecular complexity index is 549. The number of sulfone groups is 1. The first-order chi connectivity index (χ1) is 9.34. The molecule has 2 unspecified atom stereocenters. The lowest BCUT2D eigenvalue weighted by molar-refractivity contribution is -0.112. The molecule has 2 atom stereocenters. The second-order valence-corrected chi connectivity index (χ2v) is 7.79. The highest BCUT2D eigenvalue weighted by Gasteiger charge is 2.32. The molecule has 1 aliphatic rings. The molecule has 0 radical (unpaired) electrons. The predicted octanol–water partition coefficient (Wildman–Crippen LogP) is 2.31. The minimum atomic E-state index is -3.14. The van der Waals surface area contributed by atoms with Crippen LogP contribution in [0.15, 0.2) is 29.2 Å². The zero-order valence-corrected chi connectivity index (χ0v) is 13.2. The van der Waals surface area contributed by atoms with Gasteiger partial charge in [-0.1, -0.05) is 25.5 Å². The molecule has 4 nitrogen and oxygen atoms in total. The van der Waals surface area contributed by atoms with E-state index in [1.165, 1.54) is 6.26 Å². The molecule has 0 saturated carbocycles. The first-order valence-electron chi connectivity index (χ1n) is 7.03. The summed E-state index contributed by atoms with van der Waals surface area (Å²) in [7, 11) is -3.14. The van der Waals surface area contributed by atoms with E-state index in [2.05, 4.69) is 19.2 Å². The van der Waals surface area contributed by atoms with Crippen molar-refractivity contribution in [2.75, 3.05) is 19.3 Å². The molecular formula is C15H23NO3S. The van der Waals surface area contributed by atoms with E-state index in [4.69, 9.17) is 4.74 Å². The number of hydrogen-bond acceptors (Lipinski definition) is 4. The van der Waals surface area contributed by atoms with Crippen LogP contribution in [0.25, 0.3) is 0 Å². The second-order valence-electron chi connectivity index (χ2n) is 5.78. The van der Waals surface area contributed by atoms with Crippen LogP contribution in [0.5, 0.6) is 0 Å². The molecule has 1 aliphatic heterocycles. The summed E-state index contributed by atoms with van der Waals surface area (Å²) >= 11 is 0. The first kappa shape index (κ1) is 15.5. The zero-order valence-electron chi connectivity index (χ0n) is 12.3. The average molecular weight is 297 g/mol. The highest BCUT2D eigenvalue weighted by molar-refractivity contribution is 7.90. The maximum atomic E-state index is 11.5. The maximum Gasteiger partial charge on any atom is 0.175 e. The molecule has 5 heteroatoms. The van der Waals surface area contributed by atoms with E-state index in [0.29, 0.717) is 4.90 Å². The van der Waals surface area contributed by atoms with Crippen molar-refractivity contribution in [3.05, 3.63) is 29.8 Å². The fourth-order valence-electron chi connectivity index (χ4n) is 2.69. The van der Waals surface area contributed by atoms with E-state index in [0.717, 1.165) is 31.5 Å². The number of morpholine rings is 1. The molecule has 1 aromatic carbocycles. The van der Waals surface area contributed by atoms with Gasteiger partial charge < -0.3 is 10.1 Å². The van der Waals surface area contributed by atoms with Gasteiger partial charge in [-0.05, 0) is 31.0 Å². The van der Waals surface area contributed by atoms with Crippen molar-refractivity contribution in [3.63, 3.8) is 0 Å². The van der Waals surface area contributed by atoms with Gasteiger partial charge in [-0.15, -0.1) is 0 Å². The molecular weight excluding hydrogens is 274 g/mol. The van der Waals surface area contributed by atoms with Crippen LogP contribution < -0.4 is 5.32 Å². The Morgan fingerprint density at radius 1 is 1.35 bits per heavy atom. The number of ether oxygens (including phenoxy) is 1. The number of rotatable bonds is 4. The standard InChI is InChI=1S/C15H23NO3S/c1-4-9-15(2)11-16-10-14(19-15)12-5-7-13(8-6-12)20(3,17)18/h5-8,14,16H,4,9-11H2,1-3H3. The fourth-order valence-corrected chi connectivity index (χ4v) is 3.32. The molecule has 1 fully saturated rings. The Balaban J connectivity index is 2.15. The van der Waals surface area contributed by atoms with Crippen molar-refractivity contribution < 1.29 is 13.2 Å². The van der Waals surface area contributed by atoms with Gasteiger partial charge in [-0.3, -0.25) is 0 Å². The second kappa shape index (κ2) is 5.84. The van der Waals surface area contributed by atoms with Crippen molar-refractivity contribution >= 4 is 9.84 Å². The summed E-state index contributed by atoms with van der Waals surface area (Å²) < 4.78 is 29.1. The Labute approximate surface area is 121 Å². The van der Waals surface area contributed by atoms with Gasteiger partial charge in [0.2, 0.25) is 0 Å². The van der Waals surface area contributed by atoms with E-state index in [9.17, 15) is 8.42 Å². The van der Waals surface area contributed by atoms with Gasteiger partial charge in [0.1, 0.15) is 0 Å². The van der Waals surface area contributed by atoms with Gasteiger partial charge in [0, 0.05) is 19.3 Å². The molecule has 1 N–H and O–H groups in total. The number of hydrogen-bond donors (Lipinski definition) is 1. The Morgan fingerprint density at radius 2 is 2.00 bits per heavy atom. The highest BCUT2D eigenvalue weighted by Crippen LogP contribution is 2.30. The molecule has 0 aliphatic carbocycles. The highest BCUT2D eigenvalue weighted by atomic mass is 32.2. The van der Waals surface area contributed by atoms with Gasteiger partial charge >= 0.3 is 0 Å². The van der Waals surface area contributed by atoms with Crippen molar-refractivity contribution in [2.45, 2.75) is 43.3 Å². The van der Waals surface area contributed by atoms with Crippen molar-refractivity contribution in [2.24, 2.45) is 0 Å². The van der Waals surface area contributed by atoms with Crippen LogP contribution in [0.3, 0.4) is 0 Å². The van der Waals surface area contributed by atoms with Crippen LogP contribution in [0.1, 0.15) is 38.4 Å². The van der Waals surface area contributed by atoms with E-state index < -0.39 is 9.84 Å². The normalized spacial score (nSPS) is 27.4. The van der Waals surface area contributed by atoms with Crippen molar-refractivity contribution in [1.29, 1.82) is 0 Å². The van der Waals surface area contributed by atoms with Gasteiger partial charge in [-0.25, -0.2) is 8.42 Å². The van der Waals surface area contributed by atoms with Gasteiger partial charge in [-0.2, -0.15) is 0 Å². The van der Waals surface area contributed by atoms with E-state index >= 15 is 0 Å². The average Bonchev–Trinajstić information content (AvgIpc) is 2.38. The van der Waals surface area contributed by atoms with Crippen molar-refractivity contribution in [1.82, 2.24) is 5.32 Å². The quantitative estimate of drug-likeness (QED) is 0.926. The lowest BCUT2D eigenvalue weighted by Gasteiger charge is -2.39. The van der Waals surface area contributed by atoms with Crippen LogP contribution in [-0.4, -0.2) is 33.4 Å². The largest absolute Gasteiger partial charge is 0.365 e. The molecule has 0 amide bonds. The van der Waals surface area contributed by atoms with Crippen LogP contribution in [0, 0.1) is 0 Å². The van der Waals surface area contributed by atoms with Crippen LogP contribution >= 0.6 is 0 Å². The smallest absolute Gasteiger partial charge is 0.175 e. The van der Waals surface area contributed by atoms with E-state index in [-0.39, 0.29) is 11.7 Å². The maximum absolute atomic E-state index is 11.5. The molecule has 20 heavy (non-hydrogen) atoms. The van der Waals surface area contributed by atoms with Crippen LogP contribution in [0.2, 0.25) is 0 Å². The topological polar surface area (TPSA) is 55.4 Å². The Morgan fingerprint density at radius 3 is 2.55 bits per heavy atom. The predicted molar refractivity (Wildman–Crippen MR) is 79.6 cm³/mol. The minimum absolute atomic E-state index is 0.0195. The molecule has 1 saturated heterocycles. The van der Waals surface area contributed by atoms with E-state index in [1.54, 1.807) is 12.1 Å². The van der Waals surface area contributed by atoms with Gasteiger partial charge in [0.15, 0.2) is 9.84 Å². The van der Waals surface area contributed by atoms with Crippen LogP contribution in [-0.2, 0) is 14.6 Å². The summed E-state index contributed by atoms with van der Waals surface area (Å²) in [5, 5.41) is 3.41. The van der Waals surface area contributed by atoms with Crippen molar-refractivity contribution in [3.8, 4) is 0 Å². The molecule has 0 spiro atoms. The summed E-state index contributed by atoms with van der Waals surface area (Å²) in [6.07, 6.45) is 3.29. The lowest BCUT2D eigenvalue weighted by Crippen LogP contribution is -2.48. The molecule has 1 heterocycles. The fraction of sp³-hybridized carbons (Fsp3) is 0.600. The number of nitrogens with one attached hydrogen (secondary N) is 1. The first-order valence-corrected chi connectivity index (χ1v) is 8.92. The third kappa shape index (κ3) is 3.59. The summed E-state index contributed by atoms with van der Waals surface area (Å²) in [5.74, 6) is 0. The molecule has 2 rings (SSSR count). The molecule has 0 aromatic heterocycles. The van der Waals surface area contributed by atoms with Gasteiger partial charge in [0.05, 0.1) is 16.6 Å². The molecule has 1 aromatic rings. The third-order valence-electron chi connectivity index (χ3n) is 3.71. The van der Waals surface area contributed by atoms with E-state index in [1.807, 2.05) is 12.1 Å². The Hall–Kier alpha value is -0.910. The summed E-state index contributed by atoms with van der Waals surface area (Å²) in [6.45, 7) is 5.90. The van der Waals surface area contributed by atoms with Crippen LogP contribution in [0.4, 0.5) is 0 Å². The molecule has 0 bridgehead atoms.